The molecule has 2 aromatic rings. The van der Waals surface area contributed by atoms with Crippen molar-refractivity contribution in [2.45, 2.75) is 80.4 Å². The number of esters is 1. The van der Waals surface area contributed by atoms with Crippen LogP contribution in [-0.2, 0) is 9.53 Å². The van der Waals surface area contributed by atoms with Gasteiger partial charge in [-0.25, -0.2) is 0 Å². The van der Waals surface area contributed by atoms with Crippen molar-refractivity contribution in [2.24, 2.45) is 5.41 Å². The summed E-state index contributed by atoms with van der Waals surface area (Å²) in [7, 11) is 0. The number of aryl methyl sites for hydroxylation is 1. The predicted octanol–water partition coefficient (Wildman–Crippen LogP) is 7.17. The van der Waals surface area contributed by atoms with Gasteiger partial charge >= 0.3 is 5.97 Å². The van der Waals surface area contributed by atoms with Gasteiger partial charge in [-0.15, -0.1) is 0 Å². The highest BCUT2D eigenvalue weighted by Crippen LogP contribution is 2.34. The molecule has 0 aromatic heterocycles. The SMILES string of the molecule is Cc1cc(C=CC(=O)c2ccc(OCOC(=O)C(C)(C)C)cc2)c(OC(C)(C)C)cc1OC(C)(C)C. The van der Waals surface area contributed by atoms with Crippen molar-refractivity contribution >= 4 is 17.8 Å². The number of carbonyl (C=O) groups is 2. The molecule has 0 saturated heterocycles. The van der Waals surface area contributed by atoms with Crippen molar-refractivity contribution in [1.29, 1.82) is 0 Å². The van der Waals surface area contributed by atoms with Crippen LogP contribution in [0.25, 0.3) is 6.08 Å². The smallest absolute Gasteiger partial charge is 0.314 e. The third kappa shape index (κ3) is 9.40. The molecular formula is C30H40O6. The van der Waals surface area contributed by atoms with Crippen LogP contribution >= 0.6 is 0 Å². The Morgan fingerprint density at radius 1 is 0.806 bits per heavy atom. The van der Waals surface area contributed by atoms with Gasteiger partial charge in [-0.2, -0.15) is 0 Å². The number of rotatable bonds is 8. The van der Waals surface area contributed by atoms with E-state index in [-0.39, 0.29) is 24.1 Å². The first-order valence-electron chi connectivity index (χ1n) is 12.1. The number of benzene rings is 2. The van der Waals surface area contributed by atoms with Crippen molar-refractivity contribution in [2.75, 3.05) is 6.79 Å². The third-order valence-electron chi connectivity index (χ3n) is 4.72. The molecule has 0 radical (unpaired) electrons. The fraction of sp³-hybridized carbons (Fsp3) is 0.467. The lowest BCUT2D eigenvalue weighted by Crippen LogP contribution is -2.25. The minimum Gasteiger partial charge on any atom is -0.488 e. The van der Waals surface area contributed by atoms with E-state index in [1.54, 1.807) is 51.1 Å². The lowest BCUT2D eigenvalue weighted by molar-refractivity contribution is -0.159. The number of allylic oxidation sites excluding steroid dienone is 1. The molecule has 6 nitrogen and oxygen atoms in total. The van der Waals surface area contributed by atoms with Gasteiger partial charge in [0, 0.05) is 17.2 Å². The van der Waals surface area contributed by atoms with Crippen LogP contribution in [0.1, 0.15) is 83.8 Å². The lowest BCUT2D eigenvalue weighted by atomic mass is 9.98. The number of hydrogen-bond donors (Lipinski definition) is 0. The fourth-order valence-electron chi connectivity index (χ4n) is 3.02. The largest absolute Gasteiger partial charge is 0.488 e. The summed E-state index contributed by atoms with van der Waals surface area (Å²) in [6.45, 7) is 19.0. The van der Waals surface area contributed by atoms with Gasteiger partial charge in [0.1, 0.15) is 28.5 Å². The Morgan fingerprint density at radius 3 is 1.89 bits per heavy atom. The van der Waals surface area contributed by atoms with Crippen molar-refractivity contribution in [3.63, 3.8) is 0 Å². The molecule has 6 heteroatoms. The Hall–Kier alpha value is -3.28. The average Bonchev–Trinajstić information content (AvgIpc) is 2.72. The van der Waals surface area contributed by atoms with Gasteiger partial charge in [0.2, 0.25) is 6.79 Å². The normalized spacial score (nSPS) is 12.4. The molecule has 0 amide bonds. The Kier molecular flexibility index (Phi) is 9.00. The van der Waals surface area contributed by atoms with Crippen molar-refractivity contribution in [3.05, 3.63) is 59.2 Å². The molecule has 0 aliphatic carbocycles. The van der Waals surface area contributed by atoms with Gasteiger partial charge in [-0.05, 0) is 117 Å². The number of hydrogen-bond acceptors (Lipinski definition) is 6. The lowest BCUT2D eigenvalue weighted by Gasteiger charge is -2.26. The summed E-state index contributed by atoms with van der Waals surface area (Å²) in [6, 6.07) is 10.5. The first-order chi connectivity index (χ1) is 16.4. The van der Waals surface area contributed by atoms with E-state index in [4.69, 9.17) is 18.9 Å². The number of carbonyl (C=O) groups excluding carboxylic acids is 2. The molecule has 0 fully saturated rings. The quantitative estimate of drug-likeness (QED) is 0.167. The zero-order valence-electron chi connectivity index (χ0n) is 23.3. The monoisotopic (exact) mass is 496 g/mol. The van der Waals surface area contributed by atoms with Gasteiger partial charge < -0.3 is 18.9 Å². The van der Waals surface area contributed by atoms with E-state index in [0.717, 1.165) is 16.9 Å². The molecule has 0 bridgehead atoms. The Labute approximate surface area is 215 Å². The van der Waals surface area contributed by atoms with E-state index in [0.29, 0.717) is 17.1 Å². The maximum absolute atomic E-state index is 12.8. The van der Waals surface area contributed by atoms with E-state index in [2.05, 4.69) is 0 Å². The molecule has 0 spiro atoms. The molecule has 0 aliphatic heterocycles. The predicted molar refractivity (Wildman–Crippen MR) is 143 cm³/mol. The van der Waals surface area contributed by atoms with E-state index in [9.17, 15) is 9.59 Å². The molecule has 2 rings (SSSR count). The molecule has 0 heterocycles. The molecule has 0 atom stereocenters. The summed E-state index contributed by atoms with van der Waals surface area (Å²) in [5, 5.41) is 0. The maximum Gasteiger partial charge on any atom is 0.314 e. The van der Waals surface area contributed by atoms with Crippen LogP contribution in [0.5, 0.6) is 17.2 Å². The highest BCUT2D eigenvalue weighted by molar-refractivity contribution is 6.07. The summed E-state index contributed by atoms with van der Waals surface area (Å²) in [5.41, 5.74) is 0.888. The minimum absolute atomic E-state index is 0.157. The van der Waals surface area contributed by atoms with Gasteiger partial charge in [0.15, 0.2) is 5.78 Å². The average molecular weight is 497 g/mol. The molecule has 0 unspecified atom stereocenters. The maximum atomic E-state index is 12.8. The van der Waals surface area contributed by atoms with Crippen molar-refractivity contribution < 1.29 is 28.5 Å². The van der Waals surface area contributed by atoms with Gasteiger partial charge in [0.25, 0.3) is 0 Å². The fourth-order valence-corrected chi connectivity index (χ4v) is 3.02. The van der Waals surface area contributed by atoms with E-state index in [1.165, 1.54) is 6.08 Å². The molecule has 0 N–H and O–H groups in total. The summed E-state index contributed by atoms with van der Waals surface area (Å²) in [5.74, 6) is 1.39. The van der Waals surface area contributed by atoms with Crippen LogP contribution in [0.2, 0.25) is 0 Å². The van der Waals surface area contributed by atoms with E-state index >= 15 is 0 Å². The van der Waals surface area contributed by atoms with Crippen LogP contribution in [0.3, 0.4) is 0 Å². The first-order valence-corrected chi connectivity index (χ1v) is 12.1. The minimum atomic E-state index is -0.595. The second-order valence-corrected chi connectivity index (χ2v) is 11.8. The van der Waals surface area contributed by atoms with Crippen LogP contribution in [0, 0.1) is 12.3 Å². The van der Waals surface area contributed by atoms with Crippen LogP contribution in [0.15, 0.2) is 42.5 Å². The highest BCUT2D eigenvalue weighted by atomic mass is 16.7. The molecular weight excluding hydrogens is 456 g/mol. The zero-order valence-corrected chi connectivity index (χ0v) is 23.3. The number of ether oxygens (including phenoxy) is 4. The van der Waals surface area contributed by atoms with E-state index in [1.807, 2.05) is 60.6 Å². The second-order valence-electron chi connectivity index (χ2n) is 11.8. The van der Waals surface area contributed by atoms with Crippen LogP contribution in [-0.4, -0.2) is 29.7 Å². The first kappa shape index (κ1) is 29.0. The highest BCUT2D eigenvalue weighted by Gasteiger charge is 2.23. The topological polar surface area (TPSA) is 71.1 Å². The molecule has 36 heavy (non-hydrogen) atoms. The summed E-state index contributed by atoms with van der Waals surface area (Å²) in [4.78, 5) is 24.6. The molecule has 196 valence electrons. The van der Waals surface area contributed by atoms with Gasteiger partial charge in [0.05, 0.1) is 5.41 Å². The summed E-state index contributed by atoms with van der Waals surface area (Å²) in [6.07, 6.45) is 3.28. The molecule has 2 aromatic carbocycles. The van der Waals surface area contributed by atoms with Crippen molar-refractivity contribution in [3.8, 4) is 17.2 Å². The van der Waals surface area contributed by atoms with Gasteiger partial charge in [-0.1, -0.05) is 0 Å². The van der Waals surface area contributed by atoms with Gasteiger partial charge in [-0.3, -0.25) is 9.59 Å². The summed E-state index contributed by atoms with van der Waals surface area (Å²) < 4.78 is 22.8. The molecule has 0 saturated carbocycles. The van der Waals surface area contributed by atoms with Crippen LogP contribution < -0.4 is 14.2 Å². The second kappa shape index (κ2) is 11.2. The number of ketones is 1. The third-order valence-corrected chi connectivity index (χ3v) is 4.72. The zero-order chi connectivity index (χ0) is 27.3. The van der Waals surface area contributed by atoms with Crippen molar-refractivity contribution in [1.82, 2.24) is 0 Å². The Balaban J connectivity index is 2.16. The standard InChI is InChI=1S/C30H40O6/c1-20-17-22(26(36-30(8,9)10)18-25(20)35-29(5,6)7)13-16-24(31)21-11-14-23(15-12-21)33-19-34-27(32)28(2,3)4/h11-18H,19H2,1-10H3. The van der Waals surface area contributed by atoms with E-state index < -0.39 is 11.0 Å². The Morgan fingerprint density at radius 2 is 1.36 bits per heavy atom. The molecule has 0 aliphatic rings. The summed E-state index contributed by atoms with van der Waals surface area (Å²) >= 11 is 0. The Bertz CT molecular complexity index is 1090. The van der Waals surface area contributed by atoms with Crippen LogP contribution in [0.4, 0.5) is 0 Å².